The summed E-state index contributed by atoms with van der Waals surface area (Å²) in [4.78, 5) is 15.5. The summed E-state index contributed by atoms with van der Waals surface area (Å²) in [6, 6.07) is 0. The molecule has 0 aromatic carbocycles. The van der Waals surface area contributed by atoms with E-state index in [1.165, 1.54) is 6.33 Å². The highest BCUT2D eigenvalue weighted by molar-refractivity contribution is 5.80. The van der Waals surface area contributed by atoms with Gasteiger partial charge in [-0.05, 0) is 12.3 Å². The first-order valence-corrected chi connectivity index (χ1v) is 5.12. The number of aryl methyl sites for hydroxylation is 1. The molecule has 0 spiro atoms. The van der Waals surface area contributed by atoms with Gasteiger partial charge < -0.3 is 10.7 Å². The van der Waals surface area contributed by atoms with Gasteiger partial charge in [0.05, 0.1) is 0 Å². The third-order valence-corrected chi connectivity index (χ3v) is 2.33. The minimum atomic E-state index is 0.461. The Balaban J connectivity index is 2.27. The lowest BCUT2D eigenvalue weighted by molar-refractivity contribution is 0.577. The molecule has 0 aliphatic carbocycles. The number of nitrogen functional groups attached to an aromatic ring is 1. The van der Waals surface area contributed by atoms with Gasteiger partial charge in [-0.2, -0.15) is 0 Å². The highest BCUT2D eigenvalue weighted by Gasteiger charge is 2.07. The lowest BCUT2D eigenvalue weighted by atomic mass is 10.1. The first-order chi connectivity index (χ1) is 7.16. The Bertz CT molecular complexity index is 460. The van der Waals surface area contributed by atoms with Crippen LogP contribution in [0.5, 0.6) is 0 Å². The van der Waals surface area contributed by atoms with Crippen LogP contribution in [0.3, 0.4) is 0 Å². The average Bonchev–Trinajstić information content (AvgIpc) is 2.59. The summed E-state index contributed by atoms with van der Waals surface area (Å²) >= 11 is 0. The fourth-order valence-electron chi connectivity index (χ4n) is 1.44. The molecule has 2 aromatic heterocycles. The van der Waals surface area contributed by atoms with E-state index < -0.39 is 0 Å². The van der Waals surface area contributed by atoms with Crippen LogP contribution in [0.25, 0.3) is 11.2 Å². The maximum atomic E-state index is 5.70. The van der Waals surface area contributed by atoms with Crippen molar-refractivity contribution in [2.75, 3.05) is 5.73 Å². The van der Waals surface area contributed by atoms with E-state index in [0.29, 0.717) is 17.4 Å². The predicted octanol–water partition coefficient (Wildman–Crippen LogP) is 1.52. The monoisotopic (exact) mass is 205 g/mol. The number of nitrogens with zero attached hydrogens (tertiary/aromatic N) is 3. The van der Waals surface area contributed by atoms with Crippen LogP contribution in [0.2, 0.25) is 0 Å². The Morgan fingerprint density at radius 2 is 2.20 bits per heavy atom. The molecular formula is C10H15N5. The van der Waals surface area contributed by atoms with Crippen LogP contribution in [0.15, 0.2) is 6.33 Å². The van der Waals surface area contributed by atoms with Gasteiger partial charge in [0.2, 0.25) is 0 Å². The highest BCUT2D eigenvalue weighted by atomic mass is 15.0. The summed E-state index contributed by atoms with van der Waals surface area (Å²) in [7, 11) is 0. The zero-order valence-corrected chi connectivity index (χ0v) is 8.99. The van der Waals surface area contributed by atoms with Gasteiger partial charge in [0, 0.05) is 6.42 Å². The fraction of sp³-hybridized carbons (Fsp3) is 0.500. The SMILES string of the molecule is CC(C)CCc1nc2ncnc(N)c2[nH]1. The lowest BCUT2D eigenvalue weighted by Gasteiger charge is -2.00. The van der Waals surface area contributed by atoms with Gasteiger partial charge in [-0.1, -0.05) is 13.8 Å². The van der Waals surface area contributed by atoms with E-state index in [9.17, 15) is 0 Å². The number of hydrogen-bond donors (Lipinski definition) is 2. The van der Waals surface area contributed by atoms with Gasteiger partial charge in [0.25, 0.3) is 0 Å². The van der Waals surface area contributed by atoms with Gasteiger partial charge >= 0.3 is 0 Å². The van der Waals surface area contributed by atoms with Gasteiger partial charge in [-0.15, -0.1) is 0 Å². The molecule has 0 aliphatic rings. The van der Waals surface area contributed by atoms with Gasteiger partial charge in [-0.3, -0.25) is 0 Å². The van der Waals surface area contributed by atoms with E-state index in [1.54, 1.807) is 0 Å². The second kappa shape index (κ2) is 3.84. The molecule has 0 aliphatic heterocycles. The number of aromatic nitrogens is 4. The quantitative estimate of drug-likeness (QED) is 0.796. The second-order valence-corrected chi connectivity index (χ2v) is 4.07. The predicted molar refractivity (Wildman–Crippen MR) is 59.3 cm³/mol. The van der Waals surface area contributed by atoms with Crippen LogP contribution in [-0.4, -0.2) is 19.9 Å². The molecule has 0 bridgehead atoms. The number of fused-ring (bicyclic) bond motifs is 1. The smallest absolute Gasteiger partial charge is 0.183 e. The van der Waals surface area contributed by atoms with Crippen molar-refractivity contribution in [3.63, 3.8) is 0 Å². The zero-order valence-electron chi connectivity index (χ0n) is 8.99. The number of H-pyrrole nitrogens is 1. The van der Waals surface area contributed by atoms with Crippen molar-refractivity contribution in [1.82, 2.24) is 19.9 Å². The maximum absolute atomic E-state index is 5.70. The molecule has 2 rings (SSSR count). The molecule has 0 amide bonds. The molecule has 5 nitrogen and oxygen atoms in total. The summed E-state index contributed by atoms with van der Waals surface area (Å²) in [5.74, 6) is 2.07. The van der Waals surface area contributed by atoms with Crippen molar-refractivity contribution in [3.8, 4) is 0 Å². The minimum absolute atomic E-state index is 0.461. The molecular weight excluding hydrogens is 190 g/mol. The first-order valence-electron chi connectivity index (χ1n) is 5.12. The Morgan fingerprint density at radius 3 is 2.87 bits per heavy atom. The average molecular weight is 205 g/mol. The highest BCUT2D eigenvalue weighted by Crippen LogP contribution is 2.15. The van der Waals surface area contributed by atoms with Crippen molar-refractivity contribution in [2.45, 2.75) is 26.7 Å². The summed E-state index contributed by atoms with van der Waals surface area (Å²) in [6.45, 7) is 4.38. The van der Waals surface area contributed by atoms with E-state index in [0.717, 1.165) is 24.2 Å². The number of hydrogen-bond acceptors (Lipinski definition) is 4. The van der Waals surface area contributed by atoms with Gasteiger partial charge in [-0.25, -0.2) is 15.0 Å². The number of aromatic amines is 1. The number of nitrogens with two attached hydrogens (primary N) is 1. The third kappa shape index (κ3) is 2.06. The van der Waals surface area contributed by atoms with E-state index in [1.807, 2.05) is 0 Å². The van der Waals surface area contributed by atoms with E-state index in [-0.39, 0.29) is 0 Å². The van der Waals surface area contributed by atoms with Crippen molar-refractivity contribution in [3.05, 3.63) is 12.2 Å². The van der Waals surface area contributed by atoms with Crippen LogP contribution in [-0.2, 0) is 6.42 Å². The number of imidazole rings is 1. The van der Waals surface area contributed by atoms with Gasteiger partial charge in [0.1, 0.15) is 17.7 Å². The molecule has 0 atom stereocenters. The van der Waals surface area contributed by atoms with Crippen molar-refractivity contribution in [2.24, 2.45) is 5.92 Å². The van der Waals surface area contributed by atoms with Crippen molar-refractivity contribution in [1.29, 1.82) is 0 Å². The van der Waals surface area contributed by atoms with E-state index >= 15 is 0 Å². The largest absolute Gasteiger partial charge is 0.382 e. The van der Waals surface area contributed by atoms with Crippen LogP contribution in [0.4, 0.5) is 5.82 Å². The van der Waals surface area contributed by atoms with Crippen LogP contribution in [0, 0.1) is 5.92 Å². The zero-order chi connectivity index (χ0) is 10.8. The molecule has 0 radical (unpaired) electrons. The number of nitrogens with one attached hydrogen (secondary N) is 1. The van der Waals surface area contributed by atoms with Crippen LogP contribution < -0.4 is 5.73 Å². The number of rotatable bonds is 3. The summed E-state index contributed by atoms with van der Waals surface area (Å²) in [5, 5.41) is 0. The van der Waals surface area contributed by atoms with Crippen LogP contribution in [0.1, 0.15) is 26.1 Å². The summed E-state index contributed by atoms with van der Waals surface area (Å²) in [6.07, 6.45) is 3.46. The summed E-state index contributed by atoms with van der Waals surface area (Å²) < 4.78 is 0. The molecule has 2 aromatic rings. The first kappa shape index (κ1) is 9.89. The van der Waals surface area contributed by atoms with E-state index in [4.69, 9.17) is 5.73 Å². The second-order valence-electron chi connectivity index (χ2n) is 4.07. The molecule has 0 saturated carbocycles. The maximum Gasteiger partial charge on any atom is 0.183 e. The molecule has 3 N–H and O–H groups in total. The van der Waals surface area contributed by atoms with E-state index in [2.05, 4.69) is 33.8 Å². The Labute approximate surface area is 88.1 Å². The molecule has 80 valence electrons. The fourth-order valence-corrected chi connectivity index (χ4v) is 1.44. The topological polar surface area (TPSA) is 80.5 Å². The standard InChI is InChI=1S/C10H15N5/c1-6(2)3-4-7-14-8-9(11)12-5-13-10(8)15-7/h5-6H,3-4H2,1-2H3,(H3,11,12,13,14,15). The molecule has 2 heterocycles. The van der Waals surface area contributed by atoms with Crippen LogP contribution >= 0.6 is 0 Å². The molecule has 15 heavy (non-hydrogen) atoms. The minimum Gasteiger partial charge on any atom is -0.382 e. The molecule has 0 unspecified atom stereocenters. The van der Waals surface area contributed by atoms with Crippen molar-refractivity contribution >= 4 is 17.0 Å². The molecule has 0 fully saturated rings. The number of anilines is 1. The Morgan fingerprint density at radius 1 is 1.40 bits per heavy atom. The Hall–Kier alpha value is -1.65. The van der Waals surface area contributed by atoms with Crippen molar-refractivity contribution < 1.29 is 0 Å². The van der Waals surface area contributed by atoms with Gasteiger partial charge in [0.15, 0.2) is 11.5 Å². The third-order valence-electron chi connectivity index (χ3n) is 2.33. The Kier molecular flexibility index (Phi) is 2.53. The molecule has 5 heteroatoms. The summed E-state index contributed by atoms with van der Waals surface area (Å²) in [5.41, 5.74) is 7.10. The molecule has 0 saturated heterocycles. The lowest BCUT2D eigenvalue weighted by Crippen LogP contribution is -1.94. The normalized spacial score (nSPS) is 11.4.